The molecular weight excluding hydrogens is 447 g/mol. The highest BCUT2D eigenvalue weighted by molar-refractivity contribution is 14.1. The molecular formula is C19H15IN2O4. The number of phenolic OH excluding ortho intramolecular Hbond substituents is 1. The molecule has 0 unspecified atom stereocenters. The molecule has 0 aliphatic carbocycles. The fraction of sp³-hybridized carbons (Fsp3) is 0.105. The summed E-state index contributed by atoms with van der Waals surface area (Å²) in [6.45, 7) is 3.73. The minimum Gasteiger partial charge on any atom is -0.507 e. The number of halogens is 1. The van der Waals surface area contributed by atoms with E-state index < -0.39 is 17.8 Å². The Morgan fingerprint density at radius 1 is 1.04 bits per heavy atom. The number of urea groups is 1. The molecule has 1 aliphatic heterocycles. The van der Waals surface area contributed by atoms with Crippen LogP contribution in [0.4, 0.5) is 10.5 Å². The number of benzene rings is 2. The third-order valence-electron chi connectivity index (χ3n) is 3.85. The Bertz CT molecular complexity index is 961. The zero-order chi connectivity index (χ0) is 19.0. The van der Waals surface area contributed by atoms with E-state index in [-0.39, 0.29) is 11.3 Å². The Morgan fingerprint density at radius 3 is 2.31 bits per heavy atom. The Morgan fingerprint density at radius 2 is 1.69 bits per heavy atom. The van der Waals surface area contributed by atoms with Crippen molar-refractivity contribution in [2.24, 2.45) is 0 Å². The van der Waals surface area contributed by atoms with Crippen molar-refractivity contribution in [2.45, 2.75) is 13.8 Å². The summed E-state index contributed by atoms with van der Waals surface area (Å²) < 4.78 is 0.586. The minimum absolute atomic E-state index is 0.110. The number of imide groups is 2. The van der Waals surface area contributed by atoms with E-state index in [1.165, 1.54) is 12.1 Å². The van der Waals surface area contributed by atoms with Gasteiger partial charge in [0.1, 0.15) is 11.3 Å². The lowest BCUT2D eigenvalue weighted by Gasteiger charge is -2.27. The van der Waals surface area contributed by atoms with Gasteiger partial charge in [0, 0.05) is 0 Å². The standard InChI is InChI=1S/C19H15IN2O4/c1-10-5-11(2)7-13(6-10)22-18(25)14(17(24)21-19(22)26)8-12-3-4-16(23)15(20)9-12/h3-9,23H,1-2H3,(H,21,24,26)/b14-8+. The highest BCUT2D eigenvalue weighted by Gasteiger charge is 2.36. The quantitative estimate of drug-likeness (QED) is 0.408. The van der Waals surface area contributed by atoms with E-state index >= 15 is 0 Å². The minimum atomic E-state index is -0.776. The average Bonchev–Trinajstić information content (AvgIpc) is 2.53. The second kappa shape index (κ2) is 6.91. The van der Waals surface area contributed by atoms with Gasteiger partial charge in [0.2, 0.25) is 0 Å². The van der Waals surface area contributed by atoms with Gasteiger partial charge in [-0.05, 0) is 83.5 Å². The molecule has 132 valence electrons. The molecule has 6 nitrogen and oxygen atoms in total. The number of hydrogen-bond acceptors (Lipinski definition) is 4. The lowest BCUT2D eigenvalue weighted by atomic mass is 10.1. The summed E-state index contributed by atoms with van der Waals surface area (Å²) in [6, 6.07) is 9.27. The number of rotatable bonds is 2. The normalized spacial score (nSPS) is 16.2. The topological polar surface area (TPSA) is 86.7 Å². The van der Waals surface area contributed by atoms with Gasteiger partial charge in [0.15, 0.2) is 0 Å². The zero-order valence-electron chi connectivity index (χ0n) is 14.0. The molecule has 1 fully saturated rings. The van der Waals surface area contributed by atoms with Crippen molar-refractivity contribution in [3.63, 3.8) is 0 Å². The van der Waals surface area contributed by atoms with E-state index in [0.29, 0.717) is 14.8 Å². The second-order valence-corrected chi connectivity index (χ2v) is 7.18. The number of amides is 4. The fourth-order valence-corrected chi connectivity index (χ4v) is 3.29. The molecule has 26 heavy (non-hydrogen) atoms. The van der Waals surface area contributed by atoms with Gasteiger partial charge in [-0.25, -0.2) is 9.69 Å². The molecule has 1 heterocycles. The molecule has 4 amide bonds. The number of nitrogens with one attached hydrogen (secondary N) is 1. The first-order valence-electron chi connectivity index (χ1n) is 7.74. The van der Waals surface area contributed by atoms with Crippen LogP contribution in [-0.2, 0) is 9.59 Å². The number of nitrogens with zero attached hydrogens (tertiary/aromatic N) is 1. The first-order valence-corrected chi connectivity index (χ1v) is 8.82. The zero-order valence-corrected chi connectivity index (χ0v) is 16.2. The van der Waals surface area contributed by atoms with Crippen molar-refractivity contribution >= 4 is 52.2 Å². The SMILES string of the molecule is Cc1cc(C)cc(N2C(=O)NC(=O)/C(=C\c3ccc(O)c(I)c3)C2=O)c1. The van der Waals surface area contributed by atoms with Crippen molar-refractivity contribution < 1.29 is 19.5 Å². The molecule has 2 N–H and O–H groups in total. The van der Waals surface area contributed by atoms with Gasteiger partial charge in [0.05, 0.1) is 9.26 Å². The first-order chi connectivity index (χ1) is 12.3. The van der Waals surface area contributed by atoms with Gasteiger partial charge in [-0.3, -0.25) is 14.9 Å². The van der Waals surface area contributed by atoms with Crippen LogP contribution >= 0.6 is 22.6 Å². The molecule has 1 saturated heterocycles. The van der Waals surface area contributed by atoms with Gasteiger partial charge >= 0.3 is 6.03 Å². The van der Waals surface area contributed by atoms with Crippen LogP contribution in [0.5, 0.6) is 5.75 Å². The van der Waals surface area contributed by atoms with Crippen LogP contribution in [-0.4, -0.2) is 23.0 Å². The maximum Gasteiger partial charge on any atom is 0.335 e. The lowest BCUT2D eigenvalue weighted by Crippen LogP contribution is -2.54. The van der Waals surface area contributed by atoms with Gasteiger partial charge in [0.25, 0.3) is 11.8 Å². The van der Waals surface area contributed by atoms with E-state index in [4.69, 9.17) is 0 Å². The Hall–Kier alpha value is -2.68. The predicted octanol–water partition coefficient (Wildman–Crippen LogP) is 3.28. The molecule has 3 rings (SSSR count). The number of aryl methyl sites for hydroxylation is 2. The molecule has 0 aromatic heterocycles. The molecule has 0 atom stereocenters. The molecule has 7 heteroatoms. The summed E-state index contributed by atoms with van der Waals surface area (Å²) >= 11 is 1.95. The fourth-order valence-electron chi connectivity index (χ4n) is 2.75. The van der Waals surface area contributed by atoms with E-state index in [9.17, 15) is 19.5 Å². The number of carbonyl (C=O) groups excluding carboxylic acids is 3. The van der Waals surface area contributed by atoms with E-state index in [0.717, 1.165) is 16.0 Å². The highest BCUT2D eigenvalue weighted by Crippen LogP contribution is 2.26. The number of barbiturate groups is 1. The molecule has 0 radical (unpaired) electrons. The molecule has 2 aromatic rings. The van der Waals surface area contributed by atoms with E-state index in [1.807, 2.05) is 42.5 Å². The summed E-state index contributed by atoms with van der Waals surface area (Å²) in [5, 5.41) is 11.8. The highest BCUT2D eigenvalue weighted by atomic mass is 127. The maximum absolute atomic E-state index is 12.9. The molecule has 2 aromatic carbocycles. The number of carbonyl (C=O) groups is 3. The maximum atomic E-state index is 12.9. The number of anilines is 1. The monoisotopic (exact) mass is 462 g/mol. The van der Waals surface area contributed by atoms with E-state index in [2.05, 4.69) is 5.32 Å². The van der Waals surface area contributed by atoms with Crippen LogP contribution in [0, 0.1) is 17.4 Å². The summed E-state index contributed by atoms with van der Waals surface area (Å²) in [4.78, 5) is 38.2. The summed E-state index contributed by atoms with van der Waals surface area (Å²) in [7, 11) is 0. The second-order valence-electron chi connectivity index (χ2n) is 6.01. The van der Waals surface area contributed by atoms with Gasteiger partial charge in [-0.2, -0.15) is 0 Å². The number of aromatic hydroxyl groups is 1. The van der Waals surface area contributed by atoms with Gasteiger partial charge < -0.3 is 5.11 Å². The molecule has 0 spiro atoms. The van der Waals surface area contributed by atoms with Crippen molar-refractivity contribution in [1.82, 2.24) is 5.32 Å². The van der Waals surface area contributed by atoms with Crippen LogP contribution in [0.2, 0.25) is 0 Å². The molecule has 1 aliphatic rings. The third kappa shape index (κ3) is 3.48. The van der Waals surface area contributed by atoms with Gasteiger partial charge in [-0.15, -0.1) is 0 Å². The van der Waals surface area contributed by atoms with Crippen LogP contribution in [0.1, 0.15) is 16.7 Å². The van der Waals surface area contributed by atoms with Crippen molar-refractivity contribution in [2.75, 3.05) is 4.90 Å². The van der Waals surface area contributed by atoms with Crippen LogP contribution in [0.3, 0.4) is 0 Å². The Kier molecular flexibility index (Phi) is 4.82. The van der Waals surface area contributed by atoms with Crippen LogP contribution in [0.25, 0.3) is 6.08 Å². The molecule has 0 saturated carbocycles. The number of phenols is 1. The first kappa shape index (κ1) is 18.1. The largest absolute Gasteiger partial charge is 0.507 e. The Balaban J connectivity index is 2.05. The third-order valence-corrected chi connectivity index (χ3v) is 4.71. The Labute approximate surface area is 163 Å². The van der Waals surface area contributed by atoms with Crippen molar-refractivity contribution in [1.29, 1.82) is 0 Å². The molecule has 0 bridgehead atoms. The van der Waals surface area contributed by atoms with Crippen LogP contribution < -0.4 is 10.2 Å². The summed E-state index contributed by atoms with van der Waals surface area (Å²) in [6.07, 6.45) is 1.40. The van der Waals surface area contributed by atoms with Crippen molar-refractivity contribution in [3.8, 4) is 5.75 Å². The lowest BCUT2D eigenvalue weighted by molar-refractivity contribution is -0.122. The number of hydrogen-bond donors (Lipinski definition) is 2. The van der Waals surface area contributed by atoms with E-state index in [1.54, 1.807) is 24.3 Å². The summed E-state index contributed by atoms with van der Waals surface area (Å²) in [5.74, 6) is -1.32. The van der Waals surface area contributed by atoms with Gasteiger partial charge in [-0.1, -0.05) is 12.1 Å². The predicted molar refractivity (Wildman–Crippen MR) is 106 cm³/mol. The van der Waals surface area contributed by atoms with Crippen LogP contribution in [0.15, 0.2) is 42.0 Å². The van der Waals surface area contributed by atoms with Crippen molar-refractivity contribution in [3.05, 3.63) is 62.2 Å². The summed E-state index contributed by atoms with van der Waals surface area (Å²) in [5.41, 5.74) is 2.63. The average molecular weight is 462 g/mol. The smallest absolute Gasteiger partial charge is 0.335 e.